The average Bonchev–Trinajstić information content (AvgIpc) is 2.72. The lowest BCUT2D eigenvalue weighted by Crippen LogP contribution is -2.32. The van der Waals surface area contributed by atoms with Gasteiger partial charge in [0.15, 0.2) is 0 Å². The van der Waals surface area contributed by atoms with E-state index in [-0.39, 0.29) is 5.41 Å². The van der Waals surface area contributed by atoms with Gasteiger partial charge in [0.1, 0.15) is 9.84 Å². The summed E-state index contributed by atoms with van der Waals surface area (Å²) < 4.78 is 22.6. The summed E-state index contributed by atoms with van der Waals surface area (Å²) in [5, 5.41) is 3.49. The smallest absolute Gasteiger partial charge is 0.148 e. The fraction of sp³-hybridized carbons (Fsp3) is 1.00. The zero-order valence-corrected chi connectivity index (χ0v) is 11.0. The molecule has 0 bridgehead atoms. The second-order valence-electron chi connectivity index (χ2n) is 5.85. The quantitative estimate of drug-likeness (QED) is 0.773. The highest BCUT2D eigenvalue weighted by Crippen LogP contribution is 2.46. The topological polar surface area (TPSA) is 46.2 Å². The highest BCUT2D eigenvalue weighted by atomic mass is 32.2. The standard InChI is InChI=1S/C12H23NO2S/c1-16(14,15)10-12(6-7-12)9-13-8-11-4-2-3-5-11/h11,13H,2-10H2,1H3. The summed E-state index contributed by atoms with van der Waals surface area (Å²) in [6.45, 7) is 1.99. The molecule has 0 aromatic heterocycles. The van der Waals surface area contributed by atoms with Gasteiger partial charge >= 0.3 is 0 Å². The molecule has 1 N–H and O–H groups in total. The van der Waals surface area contributed by atoms with Crippen LogP contribution in [0.3, 0.4) is 0 Å². The van der Waals surface area contributed by atoms with E-state index in [1.165, 1.54) is 31.9 Å². The number of nitrogens with one attached hydrogen (secondary N) is 1. The molecule has 0 spiro atoms. The molecule has 4 heteroatoms. The third-order valence-electron chi connectivity index (χ3n) is 3.93. The van der Waals surface area contributed by atoms with Crippen molar-refractivity contribution in [1.82, 2.24) is 5.32 Å². The number of rotatable bonds is 6. The number of sulfone groups is 1. The largest absolute Gasteiger partial charge is 0.316 e. The van der Waals surface area contributed by atoms with Crippen LogP contribution in [-0.4, -0.2) is 33.5 Å². The van der Waals surface area contributed by atoms with Gasteiger partial charge in [-0.1, -0.05) is 12.8 Å². The summed E-state index contributed by atoms with van der Waals surface area (Å²) in [4.78, 5) is 0. The fourth-order valence-corrected chi connectivity index (χ4v) is 4.36. The first-order chi connectivity index (χ1) is 7.49. The molecule has 3 nitrogen and oxygen atoms in total. The lowest BCUT2D eigenvalue weighted by Gasteiger charge is -2.17. The van der Waals surface area contributed by atoms with E-state index in [4.69, 9.17) is 0 Å². The van der Waals surface area contributed by atoms with Gasteiger partial charge in [0.2, 0.25) is 0 Å². The lowest BCUT2D eigenvalue weighted by atomic mass is 10.1. The summed E-state index contributed by atoms with van der Waals surface area (Å²) in [5.74, 6) is 1.21. The molecular formula is C12H23NO2S. The molecule has 0 atom stereocenters. The first kappa shape index (κ1) is 12.4. The second kappa shape index (κ2) is 4.65. The van der Waals surface area contributed by atoms with Gasteiger partial charge < -0.3 is 5.32 Å². The van der Waals surface area contributed by atoms with Gasteiger partial charge in [-0.25, -0.2) is 8.42 Å². The van der Waals surface area contributed by atoms with Crippen LogP contribution >= 0.6 is 0 Å². The summed E-state index contributed by atoms with van der Waals surface area (Å²) in [6, 6.07) is 0. The maximum Gasteiger partial charge on any atom is 0.148 e. The first-order valence-electron chi connectivity index (χ1n) is 6.38. The van der Waals surface area contributed by atoms with Crippen molar-refractivity contribution in [2.75, 3.05) is 25.1 Å². The molecule has 0 aromatic carbocycles. The number of hydrogen-bond acceptors (Lipinski definition) is 3. The SMILES string of the molecule is CS(=O)(=O)CC1(CNCC2CCCC2)CC1. The first-order valence-corrected chi connectivity index (χ1v) is 8.44. The van der Waals surface area contributed by atoms with E-state index in [9.17, 15) is 8.42 Å². The molecule has 2 aliphatic carbocycles. The van der Waals surface area contributed by atoms with E-state index >= 15 is 0 Å². The van der Waals surface area contributed by atoms with Crippen LogP contribution in [0.25, 0.3) is 0 Å². The molecule has 0 unspecified atom stereocenters. The summed E-state index contributed by atoms with van der Waals surface area (Å²) in [6.07, 6.45) is 8.97. The molecule has 2 fully saturated rings. The highest BCUT2D eigenvalue weighted by molar-refractivity contribution is 7.90. The van der Waals surface area contributed by atoms with Crippen molar-refractivity contribution in [3.63, 3.8) is 0 Å². The Morgan fingerprint density at radius 3 is 2.38 bits per heavy atom. The predicted octanol–water partition coefficient (Wildman–Crippen LogP) is 1.59. The van der Waals surface area contributed by atoms with E-state index < -0.39 is 9.84 Å². The maximum absolute atomic E-state index is 11.3. The molecule has 0 amide bonds. The minimum Gasteiger partial charge on any atom is -0.316 e. The molecule has 94 valence electrons. The zero-order chi connectivity index (χ0) is 11.6. The van der Waals surface area contributed by atoms with Gasteiger partial charge in [0, 0.05) is 12.8 Å². The third-order valence-corrected chi connectivity index (χ3v) is 5.07. The van der Waals surface area contributed by atoms with Crippen LogP contribution in [0.5, 0.6) is 0 Å². The van der Waals surface area contributed by atoms with E-state index in [0.717, 1.165) is 31.8 Å². The van der Waals surface area contributed by atoms with Crippen molar-refractivity contribution in [2.24, 2.45) is 11.3 Å². The molecule has 16 heavy (non-hydrogen) atoms. The van der Waals surface area contributed by atoms with Crippen molar-refractivity contribution < 1.29 is 8.42 Å². The molecule has 0 radical (unpaired) electrons. The minimum atomic E-state index is -2.81. The second-order valence-corrected chi connectivity index (χ2v) is 7.99. The van der Waals surface area contributed by atoms with Crippen molar-refractivity contribution in [3.8, 4) is 0 Å². The van der Waals surface area contributed by atoms with Crippen molar-refractivity contribution >= 4 is 9.84 Å². The Labute approximate surface area is 98.9 Å². The van der Waals surface area contributed by atoms with E-state index in [2.05, 4.69) is 5.32 Å². The van der Waals surface area contributed by atoms with Crippen LogP contribution in [0.15, 0.2) is 0 Å². The van der Waals surface area contributed by atoms with Gasteiger partial charge in [-0.2, -0.15) is 0 Å². The van der Waals surface area contributed by atoms with Crippen molar-refractivity contribution in [3.05, 3.63) is 0 Å². The fourth-order valence-electron chi connectivity index (χ4n) is 2.86. The van der Waals surface area contributed by atoms with Crippen LogP contribution < -0.4 is 5.32 Å². The highest BCUT2D eigenvalue weighted by Gasteiger charge is 2.44. The van der Waals surface area contributed by atoms with Gasteiger partial charge in [-0.05, 0) is 43.6 Å². The van der Waals surface area contributed by atoms with E-state index in [1.54, 1.807) is 0 Å². The van der Waals surface area contributed by atoms with Crippen LogP contribution in [0.2, 0.25) is 0 Å². The van der Waals surface area contributed by atoms with Gasteiger partial charge in [-0.15, -0.1) is 0 Å². The van der Waals surface area contributed by atoms with Gasteiger partial charge in [0.05, 0.1) is 5.75 Å². The third kappa shape index (κ3) is 3.74. The Morgan fingerprint density at radius 1 is 1.25 bits per heavy atom. The molecule has 0 heterocycles. The Bertz CT molecular complexity index is 327. The molecule has 2 saturated carbocycles. The predicted molar refractivity (Wildman–Crippen MR) is 66.2 cm³/mol. The Hall–Kier alpha value is -0.0900. The summed E-state index contributed by atoms with van der Waals surface area (Å²) in [7, 11) is -2.81. The van der Waals surface area contributed by atoms with Crippen molar-refractivity contribution in [2.45, 2.75) is 38.5 Å². The molecule has 0 aromatic rings. The molecular weight excluding hydrogens is 222 g/mol. The van der Waals surface area contributed by atoms with Crippen LogP contribution in [0.4, 0.5) is 0 Å². The normalized spacial score (nSPS) is 24.8. The molecule has 0 saturated heterocycles. The Kier molecular flexibility index (Phi) is 3.59. The monoisotopic (exact) mass is 245 g/mol. The molecule has 2 aliphatic rings. The lowest BCUT2D eigenvalue weighted by molar-refractivity contribution is 0.435. The van der Waals surface area contributed by atoms with Crippen LogP contribution in [0.1, 0.15) is 38.5 Å². The van der Waals surface area contributed by atoms with Crippen LogP contribution in [-0.2, 0) is 9.84 Å². The minimum absolute atomic E-state index is 0.0895. The summed E-state index contributed by atoms with van der Waals surface area (Å²) >= 11 is 0. The van der Waals surface area contributed by atoms with Crippen LogP contribution in [0, 0.1) is 11.3 Å². The summed E-state index contributed by atoms with van der Waals surface area (Å²) in [5.41, 5.74) is 0.0895. The van der Waals surface area contributed by atoms with Crippen molar-refractivity contribution in [1.29, 1.82) is 0 Å². The van der Waals surface area contributed by atoms with E-state index in [1.807, 2.05) is 0 Å². The van der Waals surface area contributed by atoms with Gasteiger partial charge in [-0.3, -0.25) is 0 Å². The number of hydrogen-bond donors (Lipinski definition) is 1. The Morgan fingerprint density at radius 2 is 1.88 bits per heavy atom. The molecule has 2 rings (SSSR count). The molecule has 0 aliphatic heterocycles. The maximum atomic E-state index is 11.3. The zero-order valence-electron chi connectivity index (χ0n) is 10.2. The Balaban J connectivity index is 1.69. The van der Waals surface area contributed by atoms with E-state index in [0.29, 0.717) is 5.75 Å². The average molecular weight is 245 g/mol. The van der Waals surface area contributed by atoms with Gasteiger partial charge in [0.25, 0.3) is 0 Å².